The highest BCUT2D eigenvalue weighted by atomic mass is 31.2. The Hall–Kier alpha value is -6.25. The predicted molar refractivity (Wildman–Crippen MR) is 252 cm³/mol. The molecule has 15 nitrogen and oxygen atoms in total. The van der Waals surface area contributed by atoms with Crippen LogP contribution in [0.3, 0.4) is 0 Å². The molecule has 0 radical (unpaired) electrons. The molecule has 3 aliphatic rings. The number of aromatic amines is 1. The molecule has 1 saturated heterocycles. The molecule has 0 bridgehead atoms. The number of fused-ring (bicyclic) bond motifs is 2. The van der Waals surface area contributed by atoms with Crippen molar-refractivity contribution in [2.24, 2.45) is 5.92 Å². The van der Waals surface area contributed by atoms with E-state index in [1.54, 1.807) is 50.1 Å². The minimum Gasteiger partial charge on any atom is -0.387 e. The van der Waals surface area contributed by atoms with Gasteiger partial charge in [-0.25, -0.2) is 18.7 Å². The van der Waals surface area contributed by atoms with Gasteiger partial charge in [0.2, 0.25) is 0 Å². The van der Waals surface area contributed by atoms with E-state index in [2.05, 4.69) is 40.6 Å². The van der Waals surface area contributed by atoms with Crippen LogP contribution in [0.4, 0.5) is 10.1 Å². The van der Waals surface area contributed by atoms with Crippen LogP contribution in [0, 0.1) is 25.6 Å². The van der Waals surface area contributed by atoms with Crippen LogP contribution in [0.15, 0.2) is 81.1 Å². The maximum absolute atomic E-state index is 15.5. The van der Waals surface area contributed by atoms with Gasteiger partial charge in [0.25, 0.3) is 5.91 Å². The fourth-order valence-electron chi connectivity index (χ4n) is 10.7. The van der Waals surface area contributed by atoms with Crippen LogP contribution in [0.5, 0.6) is 0 Å². The Morgan fingerprint density at radius 1 is 0.970 bits per heavy atom. The Labute approximate surface area is 380 Å². The van der Waals surface area contributed by atoms with E-state index in [9.17, 15) is 14.2 Å². The van der Waals surface area contributed by atoms with Gasteiger partial charge in [0, 0.05) is 85.4 Å². The molecule has 3 aromatic carbocycles. The summed E-state index contributed by atoms with van der Waals surface area (Å²) in [6.07, 6.45) is 7.25. The van der Waals surface area contributed by atoms with Crippen molar-refractivity contribution in [3.05, 3.63) is 133 Å². The molecule has 10 rings (SSSR count). The van der Waals surface area contributed by atoms with Crippen molar-refractivity contribution < 1.29 is 23.0 Å². The molecule has 344 valence electrons. The van der Waals surface area contributed by atoms with Crippen LogP contribution in [0.2, 0.25) is 0 Å². The summed E-state index contributed by atoms with van der Waals surface area (Å²) in [7, 11) is -0.871. The minimum absolute atomic E-state index is 0.0208. The summed E-state index contributed by atoms with van der Waals surface area (Å²) in [4.78, 5) is 47.4. The van der Waals surface area contributed by atoms with E-state index in [4.69, 9.17) is 14.4 Å². The van der Waals surface area contributed by atoms with Crippen molar-refractivity contribution in [3.8, 4) is 17.2 Å². The van der Waals surface area contributed by atoms with Crippen molar-refractivity contribution in [1.82, 2.24) is 38.5 Å². The number of nitrogens with zero attached hydrogens (tertiary/aromatic N) is 7. The van der Waals surface area contributed by atoms with Gasteiger partial charge in [-0.15, -0.1) is 0 Å². The van der Waals surface area contributed by atoms with E-state index in [0.29, 0.717) is 108 Å². The van der Waals surface area contributed by atoms with Crippen LogP contribution in [-0.4, -0.2) is 83.6 Å². The summed E-state index contributed by atoms with van der Waals surface area (Å²) in [6.45, 7) is 13.0. The first kappa shape index (κ1) is 43.6. The van der Waals surface area contributed by atoms with Crippen LogP contribution in [0.25, 0.3) is 28.1 Å². The van der Waals surface area contributed by atoms with Gasteiger partial charge in [0.05, 0.1) is 23.1 Å². The Kier molecular flexibility index (Phi) is 10.8. The first-order chi connectivity index (χ1) is 31.7. The summed E-state index contributed by atoms with van der Waals surface area (Å²) in [6, 6.07) is 16.7. The zero-order valence-electron chi connectivity index (χ0n) is 38.4. The normalized spacial score (nSPS) is 20.0. The molecule has 7 aromatic rings. The Balaban J connectivity index is 1.11. The Bertz CT molecular complexity index is 3210. The molecule has 0 spiro atoms. The molecule has 1 saturated carbocycles. The molecule has 66 heavy (non-hydrogen) atoms. The Morgan fingerprint density at radius 2 is 1.68 bits per heavy atom. The predicted octanol–water partition coefficient (Wildman–Crippen LogP) is 7.71. The third-order valence-corrected chi connectivity index (χ3v) is 17.9. The van der Waals surface area contributed by atoms with Gasteiger partial charge in [-0.3, -0.25) is 23.4 Å². The number of benzene rings is 3. The molecule has 1 amide bonds. The van der Waals surface area contributed by atoms with Crippen LogP contribution < -0.4 is 22.1 Å². The number of nitrogens with one attached hydrogen (secondary N) is 2. The monoisotopic (exact) mass is 915 g/mol. The highest BCUT2D eigenvalue weighted by Crippen LogP contribution is 2.56. The van der Waals surface area contributed by atoms with Crippen LogP contribution in [0.1, 0.15) is 103 Å². The standard InChI is InChI=1S/C49H55FN9O6P/c1-8-66(63,9-2)41-13-11-35(26-38(41)51-7)56-18-19-57(48(56)62)44-42-31(6)55(17-14-37(42)53-59(44)36-22-28(3)43(50)29(4)23-36)45(60)40-25-34-24-33(32-15-20-64-21-16-32)10-12-39(34)58(40)49(27-30(49)5)46-52-47(61)65-54-46/h10-13,18-19,22-26,30-32,51H,8-9,14-17,20-21,27H2,1-7H3,(H,52,54,61). The lowest BCUT2D eigenvalue weighted by Crippen LogP contribution is -2.41. The number of aromatic nitrogens is 7. The van der Waals surface area contributed by atoms with E-state index in [0.717, 1.165) is 29.0 Å². The molecule has 6 heterocycles. The van der Waals surface area contributed by atoms with Gasteiger partial charge in [0.1, 0.15) is 30.0 Å². The van der Waals surface area contributed by atoms with Crippen LogP contribution in [-0.2, 0) is 21.3 Å². The second kappa shape index (κ2) is 16.3. The maximum Gasteiger partial charge on any atom is 0.438 e. The highest BCUT2D eigenvalue weighted by Gasteiger charge is 2.59. The summed E-state index contributed by atoms with van der Waals surface area (Å²) < 4.78 is 46.5. The number of hydrogen-bond donors (Lipinski definition) is 2. The van der Waals surface area contributed by atoms with Crippen molar-refractivity contribution in [2.45, 2.75) is 84.7 Å². The summed E-state index contributed by atoms with van der Waals surface area (Å²) in [5.74, 6) is -0.0535. The molecule has 4 aromatic heterocycles. The zero-order chi connectivity index (χ0) is 46.4. The molecule has 2 fully saturated rings. The third kappa shape index (κ3) is 6.77. The second-order valence-corrected chi connectivity index (χ2v) is 21.8. The third-order valence-electron chi connectivity index (χ3n) is 14.6. The molecule has 3 atom stereocenters. The van der Waals surface area contributed by atoms with Crippen molar-refractivity contribution in [1.29, 1.82) is 0 Å². The number of anilines is 1. The fraction of sp³-hybridized carbons (Fsp3) is 0.408. The van der Waals surface area contributed by atoms with E-state index in [1.165, 1.54) is 14.7 Å². The lowest BCUT2D eigenvalue weighted by atomic mass is 9.91. The largest absolute Gasteiger partial charge is 0.438 e. The molecule has 2 N–H and O–H groups in total. The van der Waals surface area contributed by atoms with E-state index >= 15 is 9.18 Å². The lowest BCUT2D eigenvalue weighted by Gasteiger charge is -2.34. The number of carbonyl (C=O) groups excluding carboxylic acids is 1. The number of amides is 1. The minimum atomic E-state index is -2.65. The molecular formula is C49H55FN9O6P. The quantitative estimate of drug-likeness (QED) is 0.124. The molecule has 3 unspecified atom stereocenters. The number of imidazole rings is 1. The fourth-order valence-corrected chi connectivity index (χ4v) is 12.8. The maximum atomic E-state index is 15.5. The number of aryl methyl sites for hydroxylation is 2. The van der Waals surface area contributed by atoms with Gasteiger partial charge in [0.15, 0.2) is 5.82 Å². The Morgan fingerprint density at radius 3 is 2.33 bits per heavy atom. The number of H-pyrrole nitrogens is 1. The molecule has 1 aliphatic carbocycles. The smallest absolute Gasteiger partial charge is 0.387 e. The number of ether oxygens (including phenoxy) is 1. The van der Waals surface area contributed by atoms with Gasteiger partial charge < -0.3 is 24.1 Å². The second-order valence-electron chi connectivity index (χ2n) is 18.3. The van der Waals surface area contributed by atoms with Gasteiger partial charge in [-0.05, 0) is 117 Å². The van der Waals surface area contributed by atoms with Gasteiger partial charge in [-0.2, -0.15) is 5.10 Å². The van der Waals surface area contributed by atoms with E-state index < -0.39 is 24.5 Å². The number of carbonyl (C=O) groups is 1. The highest BCUT2D eigenvalue weighted by molar-refractivity contribution is 7.71. The first-order valence-corrected chi connectivity index (χ1v) is 25.0. The summed E-state index contributed by atoms with van der Waals surface area (Å²) >= 11 is 0. The van der Waals surface area contributed by atoms with E-state index in [1.807, 2.05) is 54.5 Å². The average molecular weight is 916 g/mol. The van der Waals surface area contributed by atoms with Gasteiger partial charge >= 0.3 is 11.4 Å². The molecular weight excluding hydrogens is 861 g/mol. The first-order valence-electron chi connectivity index (χ1n) is 22.9. The number of hydrogen-bond acceptors (Lipinski definition) is 9. The average Bonchev–Trinajstić information content (AvgIpc) is 3.82. The van der Waals surface area contributed by atoms with Crippen molar-refractivity contribution in [3.63, 3.8) is 0 Å². The lowest BCUT2D eigenvalue weighted by molar-refractivity contribution is 0.0663. The van der Waals surface area contributed by atoms with E-state index in [-0.39, 0.29) is 23.3 Å². The zero-order valence-corrected chi connectivity index (χ0v) is 39.2. The number of halogens is 1. The van der Waals surface area contributed by atoms with Crippen molar-refractivity contribution >= 4 is 34.9 Å². The van der Waals surface area contributed by atoms with Crippen LogP contribution >= 0.6 is 7.14 Å². The van der Waals surface area contributed by atoms with Gasteiger partial charge in [-0.1, -0.05) is 32.0 Å². The SMILES string of the molecule is CCP(=O)(CC)c1ccc(-n2ccn(-c3c4c(nn3-c3cc(C)c(F)c(C)c3)CCN(C(=O)c3cc5cc(C6CCOCC6)ccc5n3C3(c5noc(=O)[nH]5)CC3C)C4C)c2=O)cc1NC. The number of rotatable bonds is 11. The summed E-state index contributed by atoms with van der Waals surface area (Å²) in [5.41, 5.74) is 5.36. The molecule has 17 heteroatoms. The van der Waals surface area contributed by atoms with Crippen molar-refractivity contribution in [2.75, 3.05) is 44.4 Å². The summed E-state index contributed by atoms with van der Waals surface area (Å²) in [5, 5.41) is 14.2. The topological polar surface area (TPSA) is 167 Å². The molecule has 2 aliphatic heterocycles.